The molecule has 0 spiro atoms. The summed E-state index contributed by atoms with van der Waals surface area (Å²) < 4.78 is 42.4. The molecule has 0 aliphatic carbocycles. The van der Waals surface area contributed by atoms with Gasteiger partial charge in [0.05, 0.1) is 0 Å². The van der Waals surface area contributed by atoms with Crippen LogP contribution in [0, 0.1) is 5.82 Å². The van der Waals surface area contributed by atoms with Gasteiger partial charge in [-0.05, 0) is 67.3 Å². The number of hydrogen-bond donors (Lipinski definition) is 0. The highest BCUT2D eigenvalue weighted by molar-refractivity contribution is 5.89. The summed E-state index contributed by atoms with van der Waals surface area (Å²) in [6.07, 6.45) is 0.479. The summed E-state index contributed by atoms with van der Waals surface area (Å²) in [5, 5.41) is 0. The molecule has 0 saturated carbocycles. The number of rotatable bonds is 15. The maximum Gasteiger partial charge on any atom is 0.338 e. The first-order chi connectivity index (χ1) is 21.0. The third-order valence-electron chi connectivity index (χ3n) is 6.14. The largest absolute Gasteiger partial charge is 0.490 e. The Morgan fingerprint density at radius 1 is 0.636 bits per heavy atom. The van der Waals surface area contributed by atoms with Gasteiger partial charge >= 0.3 is 17.9 Å². The number of carbonyl (C=O) groups excluding carboxylic acids is 3. The molecule has 0 aliphatic heterocycles. The lowest BCUT2D eigenvalue weighted by Crippen LogP contribution is -2.13. The summed E-state index contributed by atoms with van der Waals surface area (Å²) in [6.45, 7) is 15.8. The minimum Gasteiger partial charge on any atom is -0.490 e. The molecule has 0 bridgehead atoms. The van der Waals surface area contributed by atoms with Gasteiger partial charge in [-0.15, -0.1) is 0 Å². The van der Waals surface area contributed by atoms with Crippen LogP contribution in [0.3, 0.4) is 0 Å². The van der Waals surface area contributed by atoms with E-state index in [-0.39, 0.29) is 37.6 Å². The fourth-order valence-corrected chi connectivity index (χ4v) is 3.69. The van der Waals surface area contributed by atoms with Gasteiger partial charge in [-0.2, -0.15) is 0 Å². The predicted molar refractivity (Wildman–Crippen MR) is 165 cm³/mol. The Kier molecular flexibility index (Phi) is 12.0. The lowest BCUT2D eigenvalue weighted by molar-refractivity contribution is -0.140. The molecule has 0 saturated heterocycles. The molecule has 0 unspecified atom stereocenters. The van der Waals surface area contributed by atoms with E-state index in [0.29, 0.717) is 51.5 Å². The molecule has 3 aromatic rings. The minimum absolute atomic E-state index is 0.00234. The molecule has 3 aromatic carbocycles. The highest BCUT2D eigenvalue weighted by atomic mass is 19.1. The Morgan fingerprint density at radius 3 is 1.64 bits per heavy atom. The van der Waals surface area contributed by atoms with Gasteiger partial charge < -0.3 is 23.7 Å². The van der Waals surface area contributed by atoms with Crippen LogP contribution in [0.4, 0.5) is 4.39 Å². The van der Waals surface area contributed by atoms with Crippen molar-refractivity contribution in [2.75, 3.05) is 26.4 Å². The van der Waals surface area contributed by atoms with Crippen molar-refractivity contribution in [1.29, 1.82) is 0 Å². The molecule has 0 aromatic heterocycles. The number of halogens is 1. The first-order valence-electron chi connectivity index (χ1n) is 13.8. The Labute approximate surface area is 256 Å². The van der Waals surface area contributed by atoms with Crippen molar-refractivity contribution in [2.24, 2.45) is 0 Å². The number of benzene rings is 3. The van der Waals surface area contributed by atoms with E-state index in [2.05, 4.69) is 19.7 Å². The van der Waals surface area contributed by atoms with E-state index in [9.17, 15) is 14.4 Å². The summed E-state index contributed by atoms with van der Waals surface area (Å²) in [6, 6.07) is 16.3. The van der Waals surface area contributed by atoms with Crippen LogP contribution < -0.4 is 14.2 Å². The van der Waals surface area contributed by atoms with E-state index < -0.39 is 23.7 Å². The summed E-state index contributed by atoms with van der Waals surface area (Å²) in [7, 11) is 0. The SMILES string of the molecule is C=C(C)C(=O)OCCOc1cc(OCCOC(=O)C(=C)C)cc(-c2ccc(-c3ccc(OC(=O)C(=C)CC)cc3)c(F)c2)c1. The first kappa shape index (κ1) is 33.3. The quantitative estimate of drug-likeness (QED) is 0.0792. The van der Waals surface area contributed by atoms with E-state index in [1.807, 2.05) is 6.92 Å². The lowest BCUT2D eigenvalue weighted by atomic mass is 9.99. The molecule has 8 nitrogen and oxygen atoms in total. The predicted octanol–water partition coefficient (Wildman–Crippen LogP) is 7.03. The van der Waals surface area contributed by atoms with Crippen LogP contribution in [-0.4, -0.2) is 44.3 Å². The number of hydrogen-bond acceptors (Lipinski definition) is 8. The topological polar surface area (TPSA) is 97.4 Å². The molecule has 0 heterocycles. The van der Waals surface area contributed by atoms with E-state index >= 15 is 4.39 Å². The standard InChI is InChI=1S/C35H35FO8/c1-7-24(6)35(39)44-28-11-8-25(9-12-28)31-13-10-26(20-32(31)36)27-18-29(40-14-16-42-33(37)22(2)3)21-30(19-27)41-15-17-43-34(38)23(4)5/h8-13,18-21H,2,4,6-7,14-17H2,1,3,5H3. The zero-order valence-corrected chi connectivity index (χ0v) is 25.1. The molecule has 9 heteroatoms. The van der Waals surface area contributed by atoms with Crippen molar-refractivity contribution >= 4 is 17.9 Å². The number of ether oxygens (including phenoxy) is 5. The van der Waals surface area contributed by atoms with E-state index in [1.54, 1.807) is 68.4 Å². The second kappa shape index (κ2) is 15.9. The third-order valence-corrected chi connectivity index (χ3v) is 6.14. The van der Waals surface area contributed by atoms with Crippen LogP contribution in [0.1, 0.15) is 27.2 Å². The van der Waals surface area contributed by atoms with Crippen molar-refractivity contribution in [3.05, 3.63) is 103 Å². The Bertz CT molecular complexity index is 1500. The molecule has 230 valence electrons. The number of carbonyl (C=O) groups is 3. The fraction of sp³-hybridized carbons (Fsp3) is 0.229. The van der Waals surface area contributed by atoms with Crippen LogP contribution in [0.15, 0.2) is 97.1 Å². The van der Waals surface area contributed by atoms with Gasteiger partial charge in [-0.1, -0.05) is 50.9 Å². The average Bonchev–Trinajstić information content (AvgIpc) is 3.00. The summed E-state index contributed by atoms with van der Waals surface area (Å²) in [5.74, 6) is -0.914. The molecule has 0 fully saturated rings. The van der Waals surface area contributed by atoms with Gasteiger partial charge in [0.1, 0.15) is 49.5 Å². The highest BCUT2D eigenvalue weighted by Gasteiger charge is 2.13. The molecular formula is C35H35FO8. The van der Waals surface area contributed by atoms with Gasteiger partial charge in [0, 0.05) is 28.3 Å². The number of esters is 3. The first-order valence-corrected chi connectivity index (χ1v) is 13.8. The molecule has 0 amide bonds. The average molecular weight is 603 g/mol. The molecular weight excluding hydrogens is 567 g/mol. The summed E-state index contributed by atoms with van der Waals surface area (Å²) >= 11 is 0. The lowest BCUT2D eigenvalue weighted by Gasteiger charge is -2.14. The van der Waals surface area contributed by atoms with Crippen LogP contribution in [0.5, 0.6) is 17.2 Å². The monoisotopic (exact) mass is 602 g/mol. The smallest absolute Gasteiger partial charge is 0.338 e. The molecule has 0 radical (unpaired) electrons. The van der Waals surface area contributed by atoms with Crippen LogP contribution in [-0.2, 0) is 23.9 Å². The van der Waals surface area contributed by atoms with Crippen molar-refractivity contribution in [3.8, 4) is 39.5 Å². The van der Waals surface area contributed by atoms with Crippen LogP contribution in [0.2, 0.25) is 0 Å². The fourth-order valence-electron chi connectivity index (χ4n) is 3.69. The Hall–Kier alpha value is -5.18. The van der Waals surface area contributed by atoms with Crippen molar-refractivity contribution in [2.45, 2.75) is 27.2 Å². The van der Waals surface area contributed by atoms with Crippen LogP contribution >= 0.6 is 0 Å². The van der Waals surface area contributed by atoms with Gasteiger partial charge in [-0.25, -0.2) is 18.8 Å². The Morgan fingerprint density at radius 2 is 1.16 bits per heavy atom. The van der Waals surface area contributed by atoms with Crippen molar-refractivity contribution < 1.29 is 42.5 Å². The van der Waals surface area contributed by atoms with Crippen molar-refractivity contribution in [1.82, 2.24) is 0 Å². The highest BCUT2D eigenvalue weighted by Crippen LogP contribution is 2.33. The summed E-state index contributed by atoms with van der Waals surface area (Å²) in [4.78, 5) is 35.3. The second-order valence-corrected chi connectivity index (χ2v) is 9.79. The molecule has 3 rings (SSSR count). The van der Waals surface area contributed by atoms with Gasteiger partial charge in [0.25, 0.3) is 0 Å². The van der Waals surface area contributed by atoms with E-state index in [1.165, 1.54) is 6.07 Å². The maximum absolute atomic E-state index is 15.4. The Balaban J connectivity index is 1.79. The van der Waals surface area contributed by atoms with Gasteiger partial charge in [0.2, 0.25) is 0 Å². The van der Waals surface area contributed by atoms with E-state index in [4.69, 9.17) is 23.7 Å². The van der Waals surface area contributed by atoms with Gasteiger partial charge in [-0.3, -0.25) is 0 Å². The second-order valence-electron chi connectivity index (χ2n) is 9.79. The normalized spacial score (nSPS) is 10.4. The molecule has 0 atom stereocenters. The zero-order valence-electron chi connectivity index (χ0n) is 25.1. The van der Waals surface area contributed by atoms with Crippen molar-refractivity contribution in [3.63, 3.8) is 0 Å². The molecule has 0 N–H and O–H groups in total. The molecule has 44 heavy (non-hydrogen) atoms. The van der Waals surface area contributed by atoms with Crippen LogP contribution in [0.25, 0.3) is 22.3 Å². The molecule has 0 aliphatic rings. The third kappa shape index (κ3) is 9.69. The summed E-state index contributed by atoms with van der Waals surface area (Å²) in [5.41, 5.74) is 3.00. The zero-order chi connectivity index (χ0) is 32.2. The maximum atomic E-state index is 15.4. The van der Waals surface area contributed by atoms with Gasteiger partial charge in [0.15, 0.2) is 0 Å². The van der Waals surface area contributed by atoms with E-state index in [0.717, 1.165) is 0 Å². The minimum atomic E-state index is -0.524.